The predicted octanol–water partition coefficient (Wildman–Crippen LogP) is 2.59. The molecular weight excluding hydrogens is 322 g/mol. The first-order valence-electron chi connectivity index (χ1n) is 7.44. The van der Waals surface area contributed by atoms with Gasteiger partial charge in [-0.05, 0) is 31.5 Å². The molecule has 7 heteroatoms. The molecule has 122 valence electrons. The van der Waals surface area contributed by atoms with Crippen LogP contribution in [0.15, 0.2) is 24.5 Å². The minimum Gasteiger partial charge on any atom is -0.345 e. The van der Waals surface area contributed by atoms with E-state index in [4.69, 9.17) is 10.7 Å². The van der Waals surface area contributed by atoms with Gasteiger partial charge in [-0.3, -0.25) is 20.1 Å². The first-order chi connectivity index (χ1) is 11.3. The maximum atomic E-state index is 12.1. The van der Waals surface area contributed by atoms with E-state index in [1.165, 1.54) is 11.1 Å². The topological polar surface area (TPSA) is 92.9 Å². The van der Waals surface area contributed by atoms with Crippen molar-refractivity contribution in [3.8, 4) is 16.5 Å². The van der Waals surface area contributed by atoms with E-state index in [0.29, 0.717) is 12.0 Å². The Morgan fingerprint density at radius 2 is 2.21 bits per heavy atom. The van der Waals surface area contributed by atoms with Gasteiger partial charge in [-0.1, -0.05) is 0 Å². The lowest BCUT2D eigenvalue weighted by Gasteiger charge is -2.38. The van der Waals surface area contributed by atoms with E-state index < -0.39 is 5.54 Å². The molecule has 0 radical (unpaired) electrons. The lowest BCUT2D eigenvalue weighted by molar-refractivity contribution is -0.129. The molecule has 0 unspecified atom stereocenters. The Labute approximate surface area is 144 Å². The number of hydrogen-bond acceptors (Lipinski definition) is 5. The van der Waals surface area contributed by atoms with Crippen molar-refractivity contribution in [3.05, 3.63) is 40.5 Å². The van der Waals surface area contributed by atoms with Crippen LogP contribution in [-0.4, -0.2) is 28.8 Å². The van der Waals surface area contributed by atoms with Gasteiger partial charge < -0.3 is 5.32 Å². The van der Waals surface area contributed by atoms with Gasteiger partial charge in [-0.15, -0.1) is 11.3 Å². The monoisotopic (exact) mass is 339 g/mol. The number of amides is 1. The first kappa shape index (κ1) is 16.1. The Bertz CT molecular complexity index is 861. The molecule has 0 aliphatic carbocycles. The zero-order valence-electron chi connectivity index (χ0n) is 13.7. The molecule has 1 fully saturated rings. The normalized spacial score (nSPS) is 20.7. The summed E-state index contributed by atoms with van der Waals surface area (Å²) in [5, 5.41) is 20.1. The van der Waals surface area contributed by atoms with Gasteiger partial charge in [0.15, 0.2) is 5.96 Å². The van der Waals surface area contributed by atoms with E-state index in [9.17, 15) is 4.79 Å². The molecule has 2 aromatic heterocycles. The van der Waals surface area contributed by atoms with Crippen molar-refractivity contribution in [3.63, 3.8) is 0 Å². The summed E-state index contributed by atoms with van der Waals surface area (Å²) in [4.78, 5) is 19.6. The molecule has 0 saturated carbocycles. The molecule has 2 N–H and O–H groups in total. The fourth-order valence-electron chi connectivity index (χ4n) is 2.75. The highest BCUT2D eigenvalue weighted by atomic mass is 32.1. The Hall–Kier alpha value is -2.72. The van der Waals surface area contributed by atoms with Gasteiger partial charge in [0.2, 0.25) is 5.91 Å². The standard InChI is InChI=1S/C17H17N5OS/c1-10-4-13(17(2)6-14(23)22(3)16(19)21-17)24-15(10)12-5-11(7-18)8-20-9-12/h4-5,8-9H,6H2,1-3H3,(H2,19,21)/t17-/m0/s1. The average Bonchev–Trinajstić information content (AvgIpc) is 2.95. The van der Waals surface area contributed by atoms with E-state index >= 15 is 0 Å². The molecule has 3 heterocycles. The van der Waals surface area contributed by atoms with Crippen molar-refractivity contribution in [2.45, 2.75) is 25.8 Å². The van der Waals surface area contributed by atoms with Gasteiger partial charge >= 0.3 is 0 Å². The van der Waals surface area contributed by atoms with Gasteiger partial charge in [-0.25, -0.2) is 0 Å². The van der Waals surface area contributed by atoms with Crippen LogP contribution in [0.2, 0.25) is 0 Å². The second-order valence-electron chi connectivity index (χ2n) is 6.13. The smallest absolute Gasteiger partial charge is 0.231 e. The number of aryl methyl sites for hydroxylation is 1. The minimum atomic E-state index is -0.603. The van der Waals surface area contributed by atoms with Gasteiger partial charge in [0.05, 0.1) is 17.5 Å². The third-order valence-corrected chi connectivity index (χ3v) is 5.75. The van der Waals surface area contributed by atoms with Crippen molar-refractivity contribution in [2.75, 3.05) is 7.05 Å². The highest BCUT2D eigenvalue weighted by Crippen LogP contribution is 2.40. The Morgan fingerprint density at radius 1 is 1.46 bits per heavy atom. The number of thiophene rings is 1. The highest BCUT2D eigenvalue weighted by Gasteiger charge is 2.39. The van der Waals surface area contributed by atoms with Crippen LogP contribution in [0.1, 0.15) is 29.3 Å². The van der Waals surface area contributed by atoms with Crippen molar-refractivity contribution < 1.29 is 4.79 Å². The number of carbonyl (C=O) groups excluding carboxylic acids is 1. The average molecular weight is 339 g/mol. The molecule has 6 nitrogen and oxygen atoms in total. The summed E-state index contributed by atoms with van der Waals surface area (Å²) >= 11 is 1.56. The van der Waals surface area contributed by atoms with Crippen LogP contribution >= 0.6 is 11.3 Å². The molecule has 2 aromatic rings. The van der Waals surface area contributed by atoms with Crippen molar-refractivity contribution in [1.82, 2.24) is 15.2 Å². The summed E-state index contributed by atoms with van der Waals surface area (Å²) in [6.45, 7) is 3.94. The quantitative estimate of drug-likeness (QED) is 0.879. The third kappa shape index (κ3) is 2.65. The predicted molar refractivity (Wildman–Crippen MR) is 92.6 cm³/mol. The molecule has 1 atom stereocenters. The fourth-order valence-corrected chi connectivity index (χ4v) is 4.00. The number of carbonyl (C=O) groups is 1. The lowest BCUT2D eigenvalue weighted by Crippen LogP contribution is -2.57. The maximum absolute atomic E-state index is 12.1. The van der Waals surface area contributed by atoms with Crippen LogP contribution in [0.4, 0.5) is 0 Å². The summed E-state index contributed by atoms with van der Waals surface area (Å²) in [5.74, 6) is 0.0245. The van der Waals surface area contributed by atoms with Crippen molar-refractivity contribution in [2.24, 2.45) is 0 Å². The first-order valence-corrected chi connectivity index (χ1v) is 8.25. The molecule has 3 rings (SSSR count). The fraction of sp³-hybridized carbons (Fsp3) is 0.294. The summed E-state index contributed by atoms with van der Waals surface area (Å²) in [6.07, 6.45) is 3.57. The van der Waals surface area contributed by atoms with E-state index in [0.717, 1.165) is 20.9 Å². The summed E-state index contributed by atoms with van der Waals surface area (Å²) in [5.41, 5.74) is 1.87. The number of aromatic nitrogens is 1. The second-order valence-corrected chi connectivity index (χ2v) is 7.18. The number of pyridine rings is 1. The van der Waals surface area contributed by atoms with E-state index in [1.54, 1.807) is 24.6 Å². The maximum Gasteiger partial charge on any atom is 0.231 e. The van der Waals surface area contributed by atoms with Crippen LogP contribution in [0, 0.1) is 23.7 Å². The van der Waals surface area contributed by atoms with Crippen molar-refractivity contribution in [1.29, 1.82) is 10.7 Å². The number of nitrogens with one attached hydrogen (secondary N) is 2. The molecule has 0 aromatic carbocycles. The van der Waals surface area contributed by atoms with Crippen molar-refractivity contribution >= 4 is 23.2 Å². The van der Waals surface area contributed by atoms with Crippen LogP contribution in [0.5, 0.6) is 0 Å². The van der Waals surface area contributed by atoms with Gasteiger partial charge in [0.1, 0.15) is 6.07 Å². The van der Waals surface area contributed by atoms with Crippen LogP contribution in [0.3, 0.4) is 0 Å². The van der Waals surface area contributed by atoms with E-state index in [2.05, 4.69) is 16.4 Å². The SMILES string of the molecule is Cc1cc([C@]2(C)CC(=O)N(C)C(=N)N2)sc1-c1cncc(C#N)c1. The molecule has 1 amide bonds. The van der Waals surface area contributed by atoms with Crippen LogP contribution in [-0.2, 0) is 10.3 Å². The van der Waals surface area contributed by atoms with E-state index in [-0.39, 0.29) is 11.9 Å². The number of guanidine groups is 1. The molecular formula is C17H17N5OS. The molecule has 1 aliphatic heterocycles. The van der Waals surface area contributed by atoms with Gasteiger partial charge in [0, 0.05) is 34.8 Å². The number of nitrogens with zero attached hydrogens (tertiary/aromatic N) is 3. The Balaban J connectivity index is 2.01. The van der Waals surface area contributed by atoms with Gasteiger partial charge in [0.25, 0.3) is 0 Å². The van der Waals surface area contributed by atoms with E-state index in [1.807, 2.05) is 26.0 Å². The highest BCUT2D eigenvalue weighted by molar-refractivity contribution is 7.15. The number of nitriles is 1. The largest absolute Gasteiger partial charge is 0.345 e. The minimum absolute atomic E-state index is 0.0815. The summed E-state index contributed by atoms with van der Waals surface area (Å²) < 4.78 is 0. The zero-order valence-corrected chi connectivity index (χ0v) is 14.5. The molecule has 24 heavy (non-hydrogen) atoms. The third-order valence-electron chi connectivity index (χ3n) is 4.20. The summed E-state index contributed by atoms with van der Waals surface area (Å²) in [7, 11) is 1.60. The van der Waals surface area contributed by atoms with Crippen LogP contribution in [0.25, 0.3) is 10.4 Å². The lowest BCUT2D eigenvalue weighted by atomic mass is 9.92. The molecule has 1 saturated heterocycles. The Kier molecular flexibility index (Phi) is 3.85. The molecule has 0 bridgehead atoms. The molecule has 0 spiro atoms. The zero-order chi connectivity index (χ0) is 17.5. The number of hydrogen-bond donors (Lipinski definition) is 2. The van der Waals surface area contributed by atoms with Gasteiger partial charge in [-0.2, -0.15) is 5.26 Å². The second kappa shape index (κ2) is 5.73. The summed E-state index contributed by atoms with van der Waals surface area (Å²) in [6, 6.07) is 5.95. The molecule has 1 aliphatic rings. The van der Waals surface area contributed by atoms with Crippen LogP contribution < -0.4 is 5.32 Å². The Morgan fingerprint density at radius 3 is 2.88 bits per heavy atom. The number of rotatable bonds is 2.